The molecule has 28 heavy (non-hydrogen) atoms. The number of ether oxygens (including phenoxy) is 5. The summed E-state index contributed by atoms with van der Waals surface area (Å²) in [5.41, 5.74) is 0. The van der Waals surface area contributed by atoms with E-state index in [1.165, 1.54) is 6.08 Å². The molecule has 0 N–H and O–H groups in total. The highest BCUT2D eigenvalue weighted by Gasteiger charge is 2.15. The lowest BCUT2D eigenvalue weighted by Crippen LogP contribution is -2.07. The summed E-state index contributed by atoms with van der Waals surface area (Å²) in [5, 5.41) is 0. The van der Waals surface area contributed by atoms with Crippen molar-refractivity contribution < 1.29 is 23.7 Å². The lowest BCUT2D eigenvalue weighted by Gasteiger charge is -2.16. The SMILES string of the molecule is COc1cc(OCC=C(Cl)Cl)cc(OC)c1OCCCOc1ccc(Br)cc1. The van der Waals surface area contributed by atoms with Crippen LogP contribution in [0.4, 0.5) is 0 Å². The summed E-state index contributed by atoms with van der Waals surface area (Å²) in [7, 11) is 3.11. The van der Waals surface area contributed by atoms with Crippen LogP contribution in [0.5, 0.6) is 28.7 Å². The van der Waals surface area contributed by atoms with Gasteiger partial charge in [-0.15, -0.1) is 0 Å². The molecule has 0 bridgehead atoms. The lowest BCUT2D eigenvalue weighted by molar-refractivity contribution is 0.231. The van der Waals surface area contributed by atoms with Crippen molar-refractivity contribution in [1.82, 2.24) is 0 Å². The molecule has 8 heteroatoms. The fourth-order valence-corrected chi connectivity index (χ4v) is 2.63. The predicted octanol–water partition coefficient (Wildman–Crippen LogP) is 6.01. The Kier molecular flexibility index (Phi) is 9.61. The van der Waals surface area contributed by atoms with Gasteiger partial charge in [-0.1, -0.05) is 39.1 Å². The summed E-state index contributed by atoms with van der Waals surface area (Å²) in [6.07, 6.45) is 2.23. The molecule has 0 saturated carbocycles. The molecule has 0 unspecified atom stereocenters. The fraction of sp³-hybridized carbons (Fsp3) is 0.300. The van der Waals surface area contributed by atoms with Crippen molar-refractivity contribution in [3.63, 3.8) is 0 Å². The van der Waals surface area contributed by atoms with Crippen molar-refractivity contribution in [2.24, 2.45) is 0 Å². The zero-order valence-electron chi connectivity index (χ0n) is 15.5. The molecule has 152 valence electrons. The zero-order chi connectivity index (χ0) is 20.4. The normalized spacial score (nSPS) is 10.2. The predicted molar refractivity (Wildman–Crippen MR) is 115 cm³/mol. The lowest BCUT2D eigenvalue weighted by atomic mass is 10.2. The largest absolute Gasteiger partial charge is 0.493 e. The van der Waals surface area contributed by atoms with Gasteiger partial charge in [-0.2, -0.15) is 0 Å². The Morgan fingerprint density at radius 2 is 1.50 bits per heavy atom. The molecule has 0 heterocycles. The summed E-state index contributed by atoms with van der Waals surface area (Å²) < 4.78 is 29.1. The number of benzene rings is 2. The first-order valence-electron chi connectivity index (χ1n) is 8.44. The first kappa shape index (κ1) is 22.5. The van der Waals surface area contributed by atoms with Crippen LogP contribution in [0.3, 0.4) is 0 Å². The molecule has 2 aromatic carbocycles. The van der Waals surface area contributed by atoms with Gasteiger partial charge < -0.3 is 23.7 Å². The van der Waals surface area contributed by atoms with Crippen molar-refractivity contribution in [2.75, 3.05) is 34.0 Å². The van der Waals surface area contributed by atoms with Crippen molar-refractivity contribution in [3.05, 3.63) is 51.4 Å². The van der Waals surface area contributed by atoms with E-state index < -0.39 is 0 Å². The van der Waals surface area contributed by atoms with Gasteiger partial charge in [0.05, 0.1) is 27.4 Å². The number of hydrogen-bond acceptors (Lipinski definition) is 5. The van der Waals surface area contributed by atoms with Gasteiger partial charge in [0, 0.05) is 23.0 Å². The molecule has 0 spiro atoms. The van der Waals surface area contributed by atoms with Crippen molar-refractivity contribution in [3.8, 4) is 28.7 Å². The average molecular weight is 492 g/mol. The van der Waals surface area contributed by atoms with E-state index >= 15 is 0 Å². The molecule has 0 aliphatic rings. The Morgan fingerprint density at radius 3 is 2.07 bits per heavy atom. The average Bonchev–Trinajstić information content (AvgIpc) is 2.69. The zero-order valence-corrected chi connectivity index (χ0v) is 18.6. The number of rotatable bonds is 11. The Morgan fingerprint density at radius 1 is 0.893 bits per heavy atom. The van der Waals surface area contributed by atoms with Gasteiger partial charge in [0.1, 0.15) is 22.6 Å². The van der Waals surface area contributed by atoms with E-state index in [-0.39, 0.29) is 11.1 Å². The summed E-state index contributed by atoms with van der Waals surface area (Å²) >= 11 is 14.6. The first-order chi connectivity index (χ1) is 13.5. The van der Waals surface area contributed by atoms with Gasteiger partial charge in [-0.3, -0.25) is 0 Å². The van der Waals surface area contributed by atoms with Gasteiger partial charge in [0.25, 0.3) is 0 Å². The third-order valence-corrected chi connectivity index (χ3v) is 4.38. The quantitative estimate of drug-likeness (QED) is 0.360. The van der Waals surface area contributed by atoms with Crippen LogP contribution in [0.15, 0.2) is 51.4 Å². The maximum absolute atomic E-state index is 5.86. The number of methoxy groups -OCH3 is 2. The molecule has 0 aromatic heterocycles. The molecule has 0 radical (unpaired) electrons. The van der Waals surface area contributed by atoms with Gasteiger partial charge >= 0.3 is 0 Å². The maximum atomic E-state index is 5.86. The number of hydrogen-bond donors (Lipinski definition) is 0. The van der Waals surface area contributed by atoms with Crippen LogP contribution in [0, 0.1) is 0 Å². The smallest absolute Gasteiger partial charge is 0.203 e. The second kappa shape index (κ2) is 11.9. The highest BCUT2D eigenvalue weighted by atomic mass is 79.9. The molecule has 2 rings (SSSR count). The van der Waals surface area contributed by atoms with Crippen molar-refractivity contribution >= 4 is 39.1 Å². The molecule has 5 nitrogen and oxygen atoms in total. The third kappa shape index (κ3) is 7.34. The van der Waals surface area contributed by atoms with E-state index in [1.54, 1.807) is 26.4 Å². The Balaban J connectivity index is 1.91. The minimum atomic E-state index is 0.143. The topological polar surface area (TPSA) is 46.2 Å². The molecule has 0 aliphatic carbocycles. The molecule has 0 atom stereocenters. The Hall–Kier alpha value is -1.76. The van der Waals surface area contributed by atoms with E-state index in [0.717, 1.165) is 10.2 Å². The Bertz CT molecular complexity index is 752. The van der Waals surface area contributed by atoms with Gasteiger partial charge in [0.15, 0.2) is 11.5 Å². The van der Waals surface area contributed by atoms with Crippen LogP contribution < -0.4 is 23.7 Å². The van der Waals surface area contributed by atoms with Gasteiger partial charge in [-0.25, -0.2) is 0 Å². The van der Waals surface area contributed by atoms with Crippen LogP contribution >= 0.6 is 39.1 Å². The molecular weight excluding hydrogens is 471 g/mol. The van der Waals surface area contributed by atoms with E-state index in [4.69, 9.17) is 46.9 Å². The maximum Gasteiger partial charge on any atom is 0.203 e. The standard InChI is InChI=1S/C20H21BrCl2O5/c1-24-17-12-16(27-11-8-19(22)23)13-18(25-2)20(17)28-10-3-9-26-15-6-4-14(21)5-7-15/h4-8,12-13H,3,9-11H2,1-2H3. The van der Waals surface area contributed by atoms with E-state index in [1.807, 2.05) is 24.3 Å². The van der Waals surface area contributed by atoms with Crippen molar-refractivity contribution in [1.29, 1.82) is 0 Å². The van der Waals surface area contributed by atoms with Gasteiger partial charge in [0.2, 0.25) is 5.75 Å². The number of halogens is 3. The van der Waals surface area contributed by atoms with Crippen molar-refractivity contribution in [2.45, 2.75) is 6.42 Å². The molecule has 0 aliphatic heterocycles. The van der Waals surface area contributed by atoms with Crippen LogP contribution in [0.2, 0.25) is 0 Å². The second-order valence-corrected chi connectivity index (χ2v) is 7.39. The molecule has 0 amide bonds. The van der Waals surface area contributed by atoms with E-state index in [0.29, 0.717) is 42.6 Å². The van der Waals surface area contributed by atoms with Crippen LogP contribution in [0.1, 0.15) is 6.42 Å². The van der Waals surface area contributed by atoms with Gasteiger partial charge in [-0.05, 0) is 30.3 Å². The minimum absolute atomic E-state index is 0.143. The molecule has 2 aromatic rings. The van der Waals surface area contributed by atoms with E-state index in [9.17, 15) is 0 Å². The van der Waals surface area contributed by atoms with E-state index in [2.05, 4.69) is 15.9 Å². The van der Waals surface area contributed by atoms with Crippen LogP contribution in [-0.4, -0.2) is 34.0 Å². The third-order valence-electron chi connectivity index (χ3n) is 3.54. The summed E-state index contributed by atoms with van der Waals surface area (Å²) in [6.45, 7) is 1.19. The highest BCUT2D eigenvalue weighted by molar-refractivity contribution is 9.10. The molecule has 0 saturated heterocycles. The monoisotopic (exact) mass is 490 g/mol. The highest BCUT2D eigenvalue weighted by Crippen LogP contribution is 2.41. The first-order valence-corrected chi connectivity index (χ1v) is 9.99. The summed E-state index contributed by atoms with van der Waals surface area (Å²) in [5.74, 6) is 2.87. The molecule has 0 fully saturated rings. The van der Waals surface area contributed by atoms with Crippen LogP contribution in [-0.2, 0) is 0 Å². The van der Waals surface area contributed by atoms with Crippen LogP contribution in [0.25, 0.3) is 0 Å². The summed E-state index contributed by atoms with van der Waals surface area (Å²) in [6, 6.07) is 11.1. The second-order valence-electron chi connectivity index (χ2n) is 5.47. The fourth-order valence-electron chi connectivity index (χ4n) is 2.24. The Labute approximate surface area is 183 Å². The summed E-state index contributed by atoms with van der Waals surface area (Å²) in [4.78, 5) is 0. The minimum Gasteiger partial charge on any atom is -0.493 e. The molecular formula is C20H21BrCl2O5.